The molecule has 3 rings (SSSR count). The van der Waals surface area contributed by atoms with Crippen LogP contribution in [0.4, 0.5) is 4.39 Å². The standard InChI is InChI=1S/C18H24FN3O2/c19-16-4-2-15(3-5-16)18(23-12-13-24-18)6-1-9-22-10-7-17(21,14-20)8-11-22/h2-5H,1,6-13,21H2. The number of piperidine rings is 1. The maximum absolute atomic E-state index is 13.2. The highest BCUT2D eigenvalue weighted by molar-refractivity contribution is 5.22. The number of ether oxygens (including phenoxy) is 2. The Morgan fingerprint density at radius 3 is 2.38 bits per heavy atom. The monoisotopic (exact) mass is 333 g/mol. The average molecular weight is 333 g/mol. The predicted molar refractivity (Wildman–Crippen MR) is 87.4 cm³/mol. The van der Waals surface area contributed by atoms with Crippen molar-refractivity contribution in [1.29, 1.82) is 5.26 Å². The quantitative estimate of drug-likeness (QED) is 0.894. The molecule has 6 heteroatoms. The van der Waals surface area contributed by atoms with E-state index in [1.165, 1.54) is 12.1 Å². The van der Waals surface area contributed by atoms with Gasteiger partial charge in [0, 0.05) is 25.1 Å². The molecule has 130 valence electrons. The van der Waals surface area contributed by atoms with Crippen LogP contribution in [0, 0.1) is 17.1 Å². The fourth-order valence-electron chi connectivity index (χ4n) is 3.44. The van der Waals surface area contributed by atoms with Gasteiger partial charge in [-0.1, -0.05) is 12.1 Å². The lowest BCUT2D eigenvalue weighted by Crippen LogP contribution is -2.49. The fourth-order valence-corrected chi connectivity index (χ4v) is 3.44. The summed E-state index contributed by atoms with van der Waals surface area (Å²) < 4.78 is 24.9. The molecule has 5 nitrogen and oxygen atoms in total. The number of halogens is 1. The Morgan fingerprint density at radius 2 is 1.79 bits per heavy atom. The van der Waals surface area contributed by atoms with Gasteiger partial charge in [-0.05, 0) is 37.9 Å². The Kier molecular flexibility index (Phi) is 5.16. The summed E-state index contributed by atoms with van der Waals surface area (Å²) in [6.07, 6.45) is 3.04. The average Bonchev–Trinajstić information content (AvgIpc) is 3.07. The zero-order chi connectivity index (χ0) is 17.0. The summed E-state index contributed by atoms with van der Waals surface area (Å²) >= 11 is 0. The van der Waals surface area contributed by atoms with E-state index in [4.69, 9.17) is 20.5 Å². The third kappa shape index (κ3) is 3.76. The molecule has 2 heterocycles. The highest BCUT2D eigenvalue weighted by Gasteiger charge is 2.38. The highest BCUT2D eigenvalue weighted by Crippen LogP contribution is 2.36. The molecule has 2 aliphatic heterocycles. The Morgan fingerprint density at radius 1 is 1.17 bits per heavy atom. The van der Waals surface area contributed by atoms with Crippen molar-refractivity contribution < 1.29 is 13.9 Å². The smallest absolute Gasteiger partial charge is 0.195 e. The second-order valence-corrected chi connectivity index (χ2v) is 6.67. The van der Waals surface area contributed by atoms with Gasteiger partial charge in [-0.3, -0.25) is 0 Å². The summed E-state index contributed by atoms with van der Waals surface area (Å²) in [5.74, 6) is -1.02. The Bertz CT molecular complexity index is 585. The van der Waals surface area contributed by atoms with E-state index in [0.717, 1.165) is 38.0 Å². The molecule has 1 aromatic carbocycles. The van der Waals surface area contributed by atoms with Crippen molar-refractivity contribution in [3.05, 3.63) is 35.6 Å². The maximum atomic E-state index is 13.2. The first-order valence-corrected chi connectivity index (χ1v) is 8.52. The normalized spacial score (nSPS) is 23.0. The van der Waals surface area contributed by atoms with Crippen molar-refractivity contribution in [3.63, 3.8) is 0 Å². The molecule has 0 unspecified atom stereocenters. The number of rotatable bonds is 5. The molecular weight excluding hydrogens is 309 g/mol. The van der Waals surface area contributed by atoms with Crippen LogP contribution in [0.2, 0.25) is 0 Å². The van der Waals surface area contributed by atoms with E-state index < -0.39 is 11.3 Å². The number of hydrogen-bond donors (Lipinski definition) is 1. The van der Waals surface area contributed by atoms with Crippen molar-refractivity contribution in [2.45, 2.75) is 37.0 Å². The van der Waals surface area contributed by atoms with E-state index in [1.807, 2.05) is 0 Å². The molecular formula is C18H24FN3O2. The maximum Gasteiger partial charge on any atom is 0.195 e. The molecule has 0 bridgehead atoms. The molecule has 0 atom stereocenters. The van der Waals surface area contributed by atoms with Crippen LogP contribution < -0.4 is 5.73 Å². The van der Waals surface area contributed by atoms with Gasteiger partial charge in [0.2, 0.25) is 0 Å². The van der Waals surface area contributed by atoms with Crippen LogP contribution in [0.5, 0.6) is 0 Å². The Hall–Kier alpha value is -1.52. The fraction of sp³-hybridized carbons (Fsp3) is 0.611. The first-order chi connectivity index (χ1) is 11.6. The topological polar surface area (TPSA) is 71.5 Å². The summed E-state index contributed by atoms with van der Waals surface area (Å²) in [6, 6.07) is 8.56. The van der Waals surface area contributed by atoms with Crippen LogP contribution >= 0.6 is 0 Å². The van der Waals surface area contributed by atoms with Gasteiger partial charge in [0.15, 0.2) is 5.79 Å². The molecule has 24 heavy (non-hydrogen) atoms. The van der Waals surface area contributed by atoms with Crippen LogP contribution in [-0.2, 0) is 15.3 Å². The van der Waals surface area contributed by atoms with Gasteiger partial charge in [-0.25, -0.2) is 4.39 Å². The number of hydrogen-bond acceptors (Lipinski definition) is 5. The lowest BCUT2D eigenvalue weighted by molar-refractivity contribution is -0.172. The molecule has 2 saturated heterocycles. The first-order valence-electron chi connectivity index (χ1n) is 8.52. The summed E-state index contributed by atoms with van der Waals surface area (Å²) in [5.41, 5.74) is 6.20. The van der Waals surface area contributed by atoms with Crippen molar-refractivity contribution in [3.8, 4) is 6.07 Å². The largest absolute Gasteiger partial charge is 0.343 e. The van der Waals surface area contributed by atoms with Crippen molar-refractivity contribution in [2.75, 3.05) is 32.8 Å². The van der Waals surface area contributed by atoms with Gasteiger partial charge >= 0.3 is 0 Å². The summed E-state index contributed by atoms with van der Waals surface area (Å²) in [6.45, 7) is 3.71. The van der Waals surface area contributed by atoms with E-state index in [1.54, 1.807) is 12.1 Å². The summed E-state index contributed by atoms with van der Waals surface area (Å²) in [5, 5.41) is 9.08. The molecule has 0 radical (unpaired) electrons. The van der Waals surface area contributed by atoms with Crippen LogP contribution in [-0.4, -0.2) is 43.3 Å². The molecule has 0 saturated carbocycles. The zero-order valence-corrected chi connectivity index (χ0v) is 13.8. The van der Waals surface area contributed by atoms with Gasteiger partial charge in [0.05, 0.1) is 19.3 Å². The van der Waals surface area contributed by atoms with Crippen molar-refractivity contribution in [1.82, 2.24) is 4.90 Å². The molecule has 0 aliphatic carbocycles. The lowest BCUT2D eigenvalue weighted by atomic mass is 9.90. The van der Waals surface area contributed by atoms with Gasteiger partial charge in [-0.2, -0.15) is 5.26 Å². The molecule has 2 aliphatic rings. The van der Waals surface area contributed by atoms with E-state index >= 15 is 0 Å². The molecule has 2 N–H and O–H groups in total. The Balaban J connectivity index is 1.54. The van der Waals surface area contributed by atoms with Gasteiger partial charge in [0.25, 0.3) is 0 Å². The third-order valence-corrected chi connectivity index (χ3v) is 4.99. The van der Waals surface area contributed by atoms with E-state index in [9.17, 15) is 4.39 Å². The SMILES string of the molecule is N#CC1(N)CCN(CCCC2(c3ccc(F)cc3)OCCO2)CC1. The number of likely N-dealkylation sites (tertiary alicyclic amines) is 1. The molecule has 0 aromatic heterocycles. The second-order valence-electron chi connectivity index (χ2n) is 6.67. The van der Waals surface area contributed by atoms with Gasteiger partial charge in [0.1, 0.15) is 11.4 Å². The first kappa shape index (κ1) is 17.3. The molecule has 1 aromatic rings. The van der Waals surface area contributed by atoms with Gasteiger partial charge in [-0.15, -0.1) is 0 Å². The summed E-state index contributed by atoms with van der Waals surface area (Å²) in [4.78, 5) is 2.33. The molecule has 0 amide bonds. The minimum atomic E-state index is -0.756. The van der Waals surface area contributed by atoms with Crippen molar-refractivity contribution >= 4 is 0 Å². The van der Waals surface area contributed by atoms with Gasteiger partial charge < -0.3 is 20.1 Å². The van der Waals surface area contributed by atoms with Crippen LogP contribution in [0.1, 0.15) is 31.2 Å². The van der Waals surface area contributed by atoms with Crippen molar-refractivity contribution in [2.24, 2.45) is 5.73 Å². The van der Waals surface area contributed by atoms with Crippen LogP contribution in [0.15, 0.2) is 24.3 Å². The minimum absolute atomic E-state index is 0.261. The van der Waals surface area contributed by atoms with Crippen LogP contribution in [0.3, 0.4) is 0 Å². The number of benzene rings is 1. The molecule has 2 fully saturated rings. The lowest BCUT2D eigenvalue weighted by Gasteiger charge is -2.35. The number of nitrogens with two attached hydrogens (primary N) is 1. The minimum Gasteiger partial charge on any atom is -0.343 e. The van der Waals surface area contributed by atoms with Crippen LogP contribution in [0.25, 0.3) is 0 Å². The van der Waals surface area contributed by atoms with E-state index in [0.29, 0.717) is 26.1 Å². The second kappa shape index (κ2) is 7.16. The number of nitrogens with zero attached hydrogens (tertiary/aromatic N) is 2. The zero-order valence-electron chi connectivity index (χ0n) is 13.8. The predicted octanol–water partition coefficient (Wildman–Crippen LogP) is 2.12. The summed E-state index contributed by atoms with van der Waals surface area (Å²) in [7, 11) is 0. The Labute approximate surface area is 142 Å². The highest BCUT2D eigenvalue weighted by atomic mass is 19.1. The van der Waals surface area contributed by atoms with E-state index in [-0.39, 0.29) is 5.82 Å². The third-order valence-electron chi connectivity index (χ3n) is 4.99. The molecule has 0 spiro atoms. The number of nitriles is 1. The van der Waals surface area contributed by atoms with E-state index in [2.05, 4.69) is 11.0 Å².